The largest absolute Gasteiger partial charge is 0.417 e. The molecule has 0 aliphatic heterocycles. The molecule has 0 amide bonds. The highest BCUT2D eigenvalue weighted by molar-refractivity contribution is 6.32. The Hall–Kier alpha value is -0.780. The molecule has 1 atom stereocenters. The van der Waals surface area contributed by atoms with Crippen LogP contribution in [0.25, 0.3) is 0 Å². The third-order valence-corrected chi connectivity index (χ3v) is 3.12. The number of nitrogens with two attached hydrogens (primary N) is 2. The van der Waals surface area contributed by atoms with Crippen LogP contribution in [-0.4, -0.2) is 6.54 Å². The summed E-state index contributed by atoms with van der Waals surface area (Å²) in [7, 11) is 0. The molecule has 18 heavy (non-hydrogen) atoms. The zero-order chi connectivity index (χ0) is 13.8. The summed E-state index contributed by atoms with van der Waals surface area (Å²) in [5, 5.41) is -0.301. The predicted molar refractivity (Wildman–Crippen MR) is 66.3 cm³/mol. The minimum atomic E-state index is -4.45. The van der Waals surface area contributed by atoms with Gasteiger partial charge in [0, 0.05) is 6.04 Å². The summed E-state index contributed by atoms with van der Waals surface area (Å²) in [5.74, 6) is 0. The van der Waals surface area contributed by atoms with E-state index in [0.717, 1.165) is 18.9 Å². The highest BCUT2D eigenvalue weighted by Gasteiger charge is 2.34. The molecule has 0 bridgehead atoms. The van der Waals surface area contributed by atoms with Crippen LogP contribution in [0.1, 0.15) is 36.4 Å². The van der Waals surface area contributed by atoms with Gasteiger partial charge in [0.05, 0.1) is 10.6 Å². The number of halogens is 4. The molecule has 1 aromatic rings. The predicted octanol–water partition coefficient (Wildman–Crippen LogP) is 3.49. The molecule has 0 saturated carbocycles. The van der Waals surface area contributed by atoms with E-state index in [1.54, 1.807) is 0 Å². The van der Waals surface area contributed by atoms with Crippen molar-refractivity contribution in [2.75, 3.05) is 6.54 Å². The summed E-state index contributed by atoms with van der Waals surface area (Å²) in [6.45, 7) is 0.545. The second-order valence-electron chi connectivity index (χ2n) is 4.10. The lowest BCUT2D eigenvalue weighted by Gasteiger charge is -2.17. The van der Waals surface area contributed by atoms with Gasteiger partial charge in [-0.3, -0.25) is 0 Å². The van der Waals surface area contributed by atoms with Gasteiger partial charge in [-0.1, -0.05) is 30.2 Å². The topological polar surface area (TPSA) is 52.0 Å². The molecule has 6 heteroatoms. The molecule has 0 aliphatic rings. The third kappa shape index (κ3) is 3.86. The van der Waals surface area contributed by atoms with Crippen molar-refractivity contribution in [3.8, 4) is 0 Å². The van der Waals surface area contributed by atoms with Gasteiger partial charge in [0.2, 0.25) is 0 Å². The van der Waals surface area contributed by atoms with Crippen molar-refractivity contribution >= 4 is 11.6 Å². The van der Waals surface area contributed by atoms with E-state index in [-0.39, 0.29) is 5.02 Å². The standard InChI is InChI=1S/C12H16ClF3N2/c13-11-8(10(18)6-1-2-7-17)4-3-5-9(11)12(14,15)16/h3-5,10H,1-2,6-7,17-18H2/t10-/m0/s1. The molecular weight excluding hydrogens is 265 g/mol. The third-order valence-electron chi connectivity index (χ3n) is 2.70. The first-order valence-corrected chi connectivity index (χ1v) is 6.07. The molecule has 0 radical (unpaired) electrons. The van der Waals surface area contributed by atoms with E-state index in [9.17, 15) is 13.2 Å². The molecule has 0 fully saturated rings. The maximum atomic E-state index is 12.7. The van der Waals surface area contributed by atoms with Gasteiger partial charge < -0.3 is 11.5 Å². The van der Waals surface area contributed by atoms with E-state index in [2.05, 4.69) is 0 Å². The molecule has 1 rings (SSSR count). The van der Waals surface area contributed by atoms with Crippen molar-refractivity contribution in [1.29, 1.82) is 0 Å². The van der Waals surface area contributed by atoms with E-state index in [4.69, 9.17) is 23.1 Å². The van der Waals surface area contributed by atoms with Crippen LogP contribution in [0.3, 0.4) is 0 Å². The average molecular weight is 281 g/mol. The van der Waals surface area contributed by atoms with Crippen molar-refractivity contribution in [3.63, 3.8) is 0 Å². The number of hydrogen-bond acceptors (Lipinski definition) is 2. The fourth-order valence-corrected chi connectivity index (χ4v) is 2.09. The van der Waals surface area contributed by atoms with E-state index in [1.807, 2.05) is 0 Å². The molecule has 0 spiro atoms. The number of benzene rings is 1. The van der Waals surface area contributed by atoms with Crippen LogP contribution < -0.4 is 11.5 Å². The number of hydrogen-bond donors (Lipinski definition) is 2. The SMILES string of the molecule is NCCCC[C@H](N)c1cccc(C(F)(F)F)c1Cl. The summed E-state index contributed by atoms with van der Waals surface area (Å²) in [5.41, 5.74) is 10.7. The first kappa shape index (κ1) is 15.3. The summed E-state index contributed by atoms with van der Waals surface area (Å²) >= 11 is 5.78. The fraction of sp³-hybridized carbons (Fsp3) is 0.500. The van der Waals surface area contributed by atoms with Crippen LogP contribution in [0.2, 0.25) is 5.02 Å². The van der Waals surface area contributed by atoms with Gasteiger partial charge in [0.25, 0.3) is 0 Å². The Labute approximate surface area is 109 Å². The van der Waals surface area contributed by atoms with Crippen LogP contribution in [0, 0.1) is 0 Å². The first-order chi connectivity index (χ1) is 8.38. The Morgan fingerprint density at radius 2 is 1.89 bits per heavy atom. The molecule has 0 saturated heterocycles. The molecular formula is C12H16ClF3N2. The minimum Gasteiger partial charge on any atom is -0.330 e. The van der Waals surface area contributed by atoms with Crippen molar-refractivity contribution in [3.05, 3.63) is 34.3 Å². The van der Waals surface area contributed by atoms with Gasteiger partial charge in [0.1, 0.15) is 0 Å². The zero-order valence-electron chi connectivity index (χ0n) is 9.80. The molecule has 102 valence electrons. The van der Waals surface area contributed by atoms with Crippen molar-refractivity contribution < 1.29 is 13.2 Å². The summed E-state index contributed by atoms with van der Waals surface area (Å²) < 4.78 is 38.0. The van der Waals surface area contributed by atoms with Crippen LogP contribution >= 0.6 is 11.6 Å². The van der Waals surface area contributed by atoms with Gasteiger partial charge in [-0.2, -0.15) is 13.2 Å². The van der Waals surface area contributed by atoms with Crippen LogP contribution in [0.4, 0.5) is 13.2 Å². The van der Waals surface area contributed by atoms with Crippen LogP contribution in [0.5, 0.6) is 0 Å². The Balaban J connectivity index is 2.90. The monoisotopic (exact) mass is 280 g/mol. The Morgan fingerprint density at radius 3 is 2.44 bits per heavy atom. The molecule has 0 aromatic heterocycles. The second kappa shape index (κ2) is 6.41. The minimum absolute atomic E-state index is 0.301. The normalized spacial score (nSPS) is 13.7. The van der Waals surface area contributed by atoms with Gasteiger partial charge in [0.15, 0.2) is 0 Å². The van der Waals surface area contributed by atoms with Gasteiger partial charge in [-0.25, -0.2) is 0 Å². The Kier molecular flexibility index (Phi) is 5.44. The highest BCUT2D eigenvalue weighted by atomic mass is 35.5. The summed E-state index contributed by atoms with van der Waals surface area (Å²) in [6, 6.07) is 3.32. The molecule has 0 aliphatic carbocycles. The van der Waals surface area contributed by atoms with Gasteiger partial charge in [-0.15, -0.1) is 0 Å². The highest BCUT2D eigenvalue weighted by Crippen LogP contribution is 2.38. The van der Waals surface area contributed by atoms with E-state index in [1.165, 1.54) is 12.1 Å². The fourth-order valence-electron chi connectivity index (χ4n) is 1.72. The van der Waals surface area contributed by atoms with Crippen molar-refractivity contribution in [1.82, 2.24) is 0 Å². The lowest BCUT2D eigenvalue weighted by atomic mass is 9.99. The molecule has 0 unspecified atom stereocenters. The maximum Gasteiger partial charge on any atom is 0.417 e. The smallest absolute Gasteiger partial charge is 0.330 e. The average Bonchev–Trinajstić information content (AvgIpc) is 2.28. The lowest BCUT2D eigenvalue weighted by Crippen LogP contribution is -2.14. The number of unbranched alkanes of at least 4 members (excludes halogenated alkanes) is 1. The Morgan fingerprint density at radius 1 is 1.22 bits per heavy atom. The van der Waals surface area contributed by atoms with Gasteiger partial charge >= 0.3 is 6.18 Å². The van der Waals surface area contributed by atoms with E-state index < -0.39 is 17.8 Å². The van der Waals surface area contributed by atoms with E-state index >= 15 is 0 Å². The van der Waals surface area contributed by atoms with Crippen LogP contribution in [0.15, 0.2) is 18.2 Å². The molecule has 2 nitrogen and oxygen atoms in total. The lowest BCUT2D eigenvalue weighted by molar-refractivity contribution is -0.137. The van der Waals surface area contributed by atoms with Crippen molar-refractivity contribution in [2.24, 2.45) is 11.5 Å². The molecule has 1 aromatic carbocycles. The molecule has 0 heterocycles. The first-order valence-electron chi connectivity index (χ1n) is 5.69. The van der Waals surface area contributed by atoms with Crippen LogP contribution in [-0.2, 0) is 6.18 Å². The zero-order valence-corrected chi connectivity index (χ0v) is 10.6. The molecule has 4 N–H and O–H groups in total. The number of rotatable bonds is 5. The van der Waals surface area contributed by atoms with Crippen molar-refractivity contribution in [2.45, 2.75) is 31.5 Å². The number of alkyl halides is 3. The Bertz CT molecular complexity index is 393. The summed E-state index contributed by atoms with van der Waals surface area (Å²) in [4.78, 5) is 0. The summed E-state index contributed by atoms with van der Waals surface area (Å²) in [6.07, 6.45) is -2.32. The maximum absolute atomic E-state index is 12.7. The second-order valence-corrected chi connectivity index (χ2v) is 4.48. The van der Waals surface area contributed by atoms with Gasteiger partial charge in [-0.05, 0) is 31.0 Å². The van der Waals surface area contributed by atoms with E-state index in [0.29, 0.717) is 18.5 Å². The quantitative estimate of drug-likeness (QED) is 0.811.